The SMILES string of the molecule is CCC.CCCCCO[N+](C)(C)C. The van der Waals surface area contributed by atoms with Crippen LogP contribution in [0.5, 0.6) is 0 Å². The van der Waals surface area contributed by atoms with Crippen LogP contribution in [-0.4, -0.2) is 32.4 Å². The zero-order valence-corrected chi connectivity index (χ0v) is 10.4. The molecule has 0 saturated heterocycles. The normalized spacial score (nSPS) is 10.6. The molecule has 2 heteroatoms. The van der Waals surface area contributed by atoms with Crippen molar-refractivity contribution in [3.8, 4) is 0 Å². The van der Waals surface area contributed by atoms with E-state index in [1.807, 2.05) is 21.1 Å². The summed E-state index contributed by atoms with van der Waals surface area (Å²) in [6.07, 6.45) is 4.98. The minimum Gasteiger partial charge on any atom is -0.204 e. The van der Waals surface area contributed by atoms with Crippen molar-refractivity contribution in [1.29, 1.82) is 0 Å². The van der Waals surface area contributed by atoms with Crippen molar-refractivity contribution in [3.05, 3.63) is 0 Å². The third-order valence-electron chi connectivity index (χ3n) is 1.23. The highest BCUT2D eigenvalue weighted by molar-refractivity contribution is 4.32. The lowest BCUT2D eigenvalue weighted by molar-refractivity contribution is -1.06. The summed E-state index contributed by atoms with van der Waals surface area (Å²) in [7, 11) is 6.10. The predicted octanol–water partition coefficient (Wildman–Crippen LogP) is 3.23. The molecule has 0 heterocycles. The molecule has 0 radical (unpaired) electrons. The van der Waals surface area contributed by atoms with Crippen molar-refractivity contribution in [2.75, 3.05) is 27.7 Å². The van der Waals surface area contributed by atoms with E-state index >= 15 is 0 Å². The first-order valence-electron chi connectivity index (χ1n) is 5.43. The quantitative estimate of drug-likeness (QED) is 0.367. The molecule has 0 aliphatic rings. The van der Waals surface area contributed by atoms with Gasteiger partial charge in [0, 0.05) is 0 Å². The summed E-state index contributed by atoms with van der Waals surface area (Å²) in [6, 6.07) is 0. The Balaban J connectivity index is 0. The molecule has 0 unspecified atom stereocenters. The maximum absolute atomic E-state index is 5.47. The van der Waals surface area contributed by atoms with Gasteiger partial charge < -0.3 is 0 Å². The molecule has 82 valence electrons. The zero-order chi connectivity index (χ0) is 10.7. The maximum Gasteiger partial charge on any atom is 0.106 e. The van der Waals surface area contributed by atoms with Crippen molar-refractivity contribution in [2.24, 2.45) is 0 Å². The standard InChI is InChI=1S/C8H20NO.C3H8/c1-5-6-7-8-10-9(2,3)4;1-3-2/h5-8H2,1-4H3;3H2,1-2H3/q+1;. The number of hydrogen-bond donors (Lipinski definition) is 0. The molecule has 2 nitrogen and oxygen atoms in total. The zero-order valence-electron chi connectivity index (χ0n) is 10.4. The van der Waals surface area contributed by atoms with E-state index < -0.39 is 0 Å². The monoisotopic (exact) mass is 190 g/mol. The molecule has 0 aliphatic carbocycles. The second-order valence-corrected chi connectivity index (χ2v) is 4.14. The molecule has 0 aromatic heterocycles. The van der Waals surface area contributed by atoms with Crippen LogP contribution >= 0.6 is 0 Å². The highest BCUT2D eigenvalue weighted by Crippen LogP contribution is 1.98. The Morgan fingerprint density at radius 3 is 1.69 bits per heavy atom. The molecule has 13 heavy (non-hydrogen) atoms. The van der Waals surface area contributed by atoms with Crippen LogP contribution in [-0.2, 0) is 4.84 Å². The van der Waals surface area contributed by atoms with E-state index in [4.69, 9.17) is 4.84 Å². The second kappa shape index (κ2) is 10.0. The van der Waals surface area contributed by atoms with E-state index in [2.05, 4.69) is 20.8 Å². The Labute approximate surface area is 84.4 Å². The first-order chi connectivity index (χ1) is 5.97. The molecule has 0 amide bonds. The summed E-state index contributed by atoms with van der Waals surface area (Å²) in [6.45, 7) is 7.34. The summed E-state index contributed by atoms with van der Waals surface area (Å²) < 4.78 is 0.615. The lowest BCUT2D eigenvalue weighted by Gasteiger charge is -2.20. The predicted molar refractivity (Wildman–Crippen MR) is 59.5 cm³/mol. The van der Waals surface area contributed by atoms with Gasteiger partial charge in [0.1, 0.15) is 6.61 Å². The molecule has 0 bridgehead atoms. The first-order valence-corrected chi connectivity index (χ1v) is 5.43. The van der Waals surface area contributed by atoms with Crippen LogP contribution < -0.4 is 0 Å². The third-order valence-corrected chi connectivity index (χ3v) is 1.23. The Bertz CT molecular complexity index is 86.6. The lowest BCUT2D eigenvalue weighted by atomic mass is 10.3. The van der Waals surface area contributed by atoms with Crippen LogP contribution in [0.2, 0.25) is 0 Å². The van der Waals surface area contributed by atoms with Gasteiger partial charge >= 0.3 is 0 Å². The van der Waals surface area contributed by atoms with Gasteiger partial charge in [-0.1, -0.05) is 40.0 Å². The van der Waals surface area contributed by atoms with Gasteiger partial charge in [0.25, 0.3) is 0 Å². The van der Waals surface area contributed by atoms with Crippen LogP contribution in [0.4, 0.5) is 0 Å². The number of rotatable bonds is 5. The second-order valence-electron chi connectivity index (χ2n) is 4.14. The molecule has 0 atom stereocenters. The van der Waals surface area contributed by atoms with Crippen molar-refractivity contribution < 1.29 is 9.48 Å². The van der Waals surface area contributed by atoms with Gasteiger partial charge in [0.05, 0.1) is 21.1 Å². The average Bonchev–Trinajstić information content (AvgIpc) is 1.98. The van der Waals surface area contributed by atoms with Crippen LogP contribution in [0.1, 0.15) is 46.5 Å². The van der Waals surface area contributed by atoms with E-state index in [1.54, 1.807) is 0 Å². The number of hydrogen-bond acceptors (Lipinski definition) is 1. The lowest BCUT2D eigenvalue weighted by Crippen LogP contribution is -2.34. The summed E-state index contributed by atoms with van der Waals surface area (Å²) in [5.74, 6) is 0. The molecule has 0 aromatic carbocycles. The van der Waals surface area contributed by atoms with Gasteiger partial charge in [-0.3, -0.25) is 0 Å². The van der Waals surface area contributed by atoms with Crippen LogP contribution in [0.3, 0.4) is 0 Å². The highest BCUT2D eigenvalue weighted by Gasteiger charge is 2.05. The fourth-order valence-corrected chi connectivity index (χ4v) is 0.690. The maximum atomic E-state index is 5.47. The fourth-order valence-electron chi connectivity index (χ4n) is 0.690. The van der Waals surface area contributed by atoms with Gasteiger partial charge in [-0.2, -0.15) is 4.65 Å². The van der Waals surface area contributed by atoms with Crippen molar-refractivity contribution in [1.82, 2.24) is 0 Å². The molecular formula is C11H28NO+. The molecule has 0 aliphatic heterocycles. The molecule has 0 N–H and O–H groups in total. The van der Waals surface area contributed by atoms with E-state index in [0.29, 0.717) is 4.65 Å². The molecule has 0 saturated carbocycles. The number of unbranched alkanes of at least 4 members (excludes halogenated alkanes) is 2. The Hall–Kier alpha value is -0.0800. The van der Waals surface area contributed by atoms with E-state index in [1.165, 1.54) is 25.7 Å². The van der Waals surface area contributed by atoms with Crippen molar-refractivity contribution in [3.63, 3.8) is 0 Å². The molecular weight excluding hydrogens is 162 g/mol. The topological polar surface area (TPSA) is 9.23 Å². The van der Waals surface area contributed by atoms with E-state index in [0.717, 1.165) is 6.61 Å². The van der Waals surface area contributed by atoms with Gasteiger partial charge in [-0.05, 0) is 6.42 Å². The Morgan fingerprint density at radius 1 is 0.923 bits per heavy atom. The van der Waals surface area contributed by atoms with Crippen LogP contribution in [0.25, 0.3) is 0 Å². The van der Waals surface area contributed by atoms with Crippen molar-refractivity contribution in [2.45, 2.75) is 46.5 Å². The molecule has 0 spiro atoms. The van der Waals surface area contributed by atoms with Crippen LogP contribution in [0.15, 0.2) is 0 Å². The first kappa shape index (κ1) is 15.4. The largest absolute Gasteiger partial charge is 0.204 e. The summed E-state index contributed by atoms with van der Waals surface area (Å²) in [4.78, 5) is 5.47. The van der Waals surface area contributed by atoms with Gasteiger partial charge in [0.15, 0.2) is 0 Å². The van der Waals surface area contributed by atoms with E-state index in [9.17, 15) is 0 Å². The number of nitrogens with zero attached hydrogens (tertiary/aromatic N) is 1. The molecule has 0 aromatic rings. The van der Waals surface area contributed by atoms with Gasteiger partial charge in [0.2, 0.25) is 0 Å². The minimum atomic E-state index is 0.615. The van der Waals surface area contributed by atoms with Crippen LogP contribution in [0, 0.1) is 0 Å². The number of hydroxylamine groups is 3. The Morgan fingerprint density at radius 2 is 1.38 bits per heavy atom. The van der Waals surface area contributed by atoms with E-state index in [-0.39, 0.29) is 0 Å². The average molecular weight is 190 g/mol. The fraction of sp³-hybridized carbons (Fsp3) is 1.00. The summed E-state index contributed by atoms with van der Waals surface area (Å²) in [5.41, 5.74) is 0. The summed E-state index contributed by atoms with van der Waals surface area (Å²) >= 11 is 0. The smallest absolute Gasteiger partial charge is 0.106 e. The van der Waals surface area contributed by atoms with Gasteiger partial charge in [-0.15, -0.1) is 0 Å². The minimum absolute atomic E-state index is 0.615. The van der Waals surface area contributed by atoms with Gasteiger partial charge in [-0.25, -0.2) is 4.84 Å². The summed E-state index contributed by atoms with van der Waals surface area (Å²) in [5, 5.41) is 0. The van der Waals surface area contributed by atoms with Crippen molar-refractivity contribution >= 4 is 0 Å². The third kappa shape index (κ3) is 24.5. The highest BCUT2D eigenvalue weighted by atomic mass is 16.7. The Kier molecular flexibility index (Phi) is 11.8. The number of quaternary nitrogens is 1. The molecule has 0 rings (SSSR count). The molecule has 0 fully saturated rings.